The smallest absolute Gasteiger partial charge is 0.315 e. The van der Waals surface area contributed by atoms with Crippen molar-refractivity contribution in [3.8, 4) is 5.75 Å². The number of fused-ring (bicyclic) bond motifs is 1. The predicted octanol–water partition coefficient (Wildman–Crippen LogP) is 3.50. The molecule has 2 N–H and O–H groups in total. The molecule has 3 rings (SSSR count). The number of carbonyl (C=O) groups excluding carboxylic acids is 3. The lowest BCUT2D eigenvalue weighted by Crippen LogP contribution is -2.32. The first-order chi connectivity index (χ1) is 15.6. The molecule has 9 heteroatoms. The summed E-state index contributed by atoms with van der Waals surface area (Å²) in [6.45, 7) is 6.09. The van der Waals surface area contributed by atoms with Crippen LogP contribution in [0.25, 0.3) is 0 Å². The summed E-state index contributed by atoms with van der Waals surface area (Å²) in [6, 6.07) is 10.3. The van der Waals surface area contributed by atoms with Crippen LogP contribution in [0.15, 0.2) is 36.4 Å². The lowest BCUT2D eigenvalue weighted by Gasteiger charge is -2.23. The van der Waals surface area contributed by atoms with Gasteiger partial charge in [-0.1, -0.05) is 18.2 Å². The molecule has 0 radical (unpaired) electrons. The molecule has 2 aromatic rings. The Morgan fingerprint density at radius 2 is 1.88 bits per heavy atom. The lowest BCUT2D eigenvalue weighted by molar-refractivity contribution is -0.146. The average Bonchev–Trinajstić information content (AvgIpc) is 3.11. The van der Waals surface area contributed by atoms with Crippen LogP contribution in [-0.2, 0) is 21.5 Å². The van der Waals surface area contributed by atoms with Crippen molar-refractivity contribution in [2.24, 2.45) is 0 Å². The largest absolute Gasteiger partial charge is 0.493 e. The van der Waals surface area contributed by atoms with E-state index in [1.807, 2.05) is 6.92 Å². The maximum absolute atomic E-state index is 13.1. The zero-order chi connectivity index (χ0) is 24.3. The molecular formula is C25H30BrN3O5. The maximum atomic E-state index is 13.1. The Morgan fingerprint density at radius 3 is 2.50 bits per heavy atom. The van der Waals surface area contributed by atoms with Crippen LogP contribution in [0.4, 0.5) is 0 Å². The van der Waals surface area contributed by atoms with Gasteiger partial charge in [0.1, 0.15) is 11.6 Å². The van der Waals surface area contributed by atoms with Crippen LogP contribution in [0, 0.1) is 5.41 Å². The Kier molecular flexibility index (Phi) is 8.61. The molecule has 1 amide bonds. The number of hydrogen-bond acceptors (Lipinski definition) is 6. The first-order valence-corrected chi connectivity index (χ1v) is 10.7. The molecule has 1 aliphatic heterocycles. The van der Waals surface area contributed by atoms with Gasteiger partial charge in [-0.25, -0.2) is 0 Å². The summed E-state index contributed by atoms with van der Waals surface area (Å²) in [5.74, 6) is -0.229. The third-order valence-electron chi connectivity index (χ3n) is 5.85. The third kappa shape index (κ3) is 5.14. The van der Waals surface area contributed by atoms with Gasteiger partial charge in [-0.3, -0.25) is 19.8 Å². The van der Waals surface area contributed by atoms with Gasteiger partial charge < -0.3 is 19.7 Å². The van der Waals surface area contributed by atoms with E-state index in [1.165, 1.54) is 14.2 Å². The van der Waals surface area contributed by atoms with Crippen LogP contribution in [0.1, 0.15) is 58.2 Å². The summed E-state index contributed by atoms with van der Waals surface area (Å²) in [6.07, 6.45) is 0. The zero-order valence-electron chi connectivity index (χ0n) is 20.0. The number of halogens is 1. The predicted molar refractivity (Wildman–Crippen MR) is 134 cm³/mol. The molecule has 0 spiro atoms. The van der Waals surface area contributed by atoms with Crippen LogP contribution >= 0.6 is 17.0 Å². The van der Waals surface area contributed by atoms with Gasteiger partial charge in [-0.15, -0.1) is 17.0 Å². The van der Waals surface area contributed by atoms with E-state index in [1.54, 1.807) is 55.1 Å². The Bertz CT molecular complexity index is 1130. The standard InChI is InChI=1S/C25H29N3O5.BrH/c1-6-33-21-11-16-13-28(22(26)18(16)12-19(21)23(30)27-4)14-20(29)15-8-7-9-17(10-15)25(2,3)24(31)32-5;/h7-12,26H,6,13-14H2,1-5H3,(H,27,30);1H. The first kappa shape index (κ1) is 27.0. The Morgan fingerprint density at radius 1 is 1.18 bits per heavy atom. The van der Waals surface area contributed by atoms with Crippen molar-refractivity contribution >= 4 is 40.5 Å². The molecular weight excluding hydrogens is 502 g/mol. The van der Waals surface area contributed by atoms with E-state index in [9.17, 15) is 14.4 Å². The number of amidine groups is 1. The number of ether oxygens (including phenoxy) is 2. The minimum Gasteiger partial charge on any atom is -0.493 e. The number of rotatable bonds is 8. The Hall–Kier alpha value is -3.20. The monoisotopic (exact) mass is 531 g/mol. The van der Waals surface area contributed by atoms with E-state index in [2.05, 4.69) is 5.32 Å². The molecule has 2 aromatic carbocycles. The van der Waals surface area contributed by atoms with Crippen LogP contribution < -0.4 is 10.1 Å². The summed E-state index contributed by atoms with van der Waals surface area (Å²) in [5.41, 5.74) is 2.02. The second kappa shape index (κ2) is 10.8. The van der Waals surface area contributed by atoms with E-state index >= 15 is 0 Å². The number of hydrogen-bond donors (Lipinski definition) is 2. The average molecular weight is 532 g/mol. The Labute approximate surface area is 209 Å². The lowest BCUT2D eigenvalue weighted by atomic mass is 9.83. The summed E-state index contributed by atoms with van der Waals surface area (Å²) in [7, 11) is 2.87. The molecule has 0 saturated heterocycles. The molecule has 0 fully saturated rings. The minimum absolute atomic E-state index is 0. The van der Waals surface area contributed by atoms with Gasteiger partial charge in [-0.2, -0.15) is 0 Å². The van der Waals surface area contributed by atoms with Crippen molar-refractivity contribution in [3.63, 3.8) is 0 Å². The number of Topliss-reactive ketones (excluding diaryl/α,β-unsaturated/α-hetero) is 1. The van der Waals surface area contributed by atoms with Gasteiger partial charge in [0, 0.05) is 24.7 Å². The van der Waals surface area contributed by atoms with Crippen LogP contribution in [0.5, 0.6) is 5.75 Å². The maximum Gasteiger partial charge on any atom is 0.315 e. The molecule has 8 nitrogen and oxygen atoms in total. The number of ketones is 1. The van der Waals surface area contributed by atoms with Crippen LogP contribution in [-0.4, -0.2) is 55.7 Å². The van der Waals surface area contributed by atoms with Crippen molar-refractivity contribution in [1.82, 2.24) is 10.2 Å². The summed E-state index contributed by atoms with van der Waals surface area (Å²) >= 11 is 0. The van der Waals surface area contributed by atoms with E-state index in [0.717, 1.165) is 5.56 Å². The van der Waals surface area contributed by atoms with Crippen molar-refractivity contribution in [3.05, 3.63) is 64.2 Å². The van der Waals surface area contributed by atoms with Crippen molar-refractivity contribution in [1.29, 1.82) is 5.41 Å². The summed E-state index contributed by atoms with van der Waals surface area (Å²) in [5, 5.41) is 11.2. The van der Waals surface area contributed by atoms with E-state index in [4.69, 9.17) is 14.9 Å². The number of methoxy groups -OCH3 is 1. The van der Waals surface area contributed by atoms with Crippen LogP contribution in [0.3, 0.4) is 0 Å². The number of esters is 1. The summed E-state index contributed by atoms with van der Waals surface area (Å²) in [4.78, 5) is 39.2. The molecule has 0 saturated carbocycles. The molecule has 0 aliphatic carbocycles. The highest BCUT2D eigenvalue weighted by molar-refractivity contribution is 8.93. The zero-order valence-corrected chi connectivity index (χ0v) is 21.7. The van der Waals surface area contributed by atoms with Crippen LogP contribution in [0.2, 0.25) is 0 Å². The number of nitrogens with one attached hydrogen (secondary N) is 2. The molecule has 0 unspecified atom stereocenters. The number of amides is 1. The second-order valence-electron chi connectivity index (χ2n) is 8.34. The van der Waals surface area contributed by atoms with Crippen molar-refractivity contribution < 1.29 is 23.9 Å². The molecule has 1 heterocycles. The molecule has 0 bridgehead atoms. The first-order valence-electron chi connectivity index (χ1n) is 10.7. The third-order valence-corrected chi connectivity index (χ3v) is 5.85. The van der Waals surface area contributed by atoms with Gasteiger partial charge in [0.25, 0.3) is 5.91 Å². The van der Waals surface area contributed by atoms with E-state index < -0.39 is 5.41 Å². The van der Waals surface area contributed by atoms with Gasteiger partial charge in [-0.05, 0) is 50.1 Å². The van der Waals surface area contributed by atoms with Gasteiger partial charge in [0.05, 0.1) is 31.2 Å². The van der Waals surface area contributed by atoms with E-state index in [-0.39, 0.29) is 47.0 Å². The van der Waals surface area contributed by atoms with E-state index in [0.29, 0.717) is 41.2 Å². The molecule has 1 aliphatic rings. The topological polar surface area (TPSA) is 109 Å². The number of benzene rings is 2. The summed E-state index contributed by atoms with van der Waals surface area (Å²) < 4.78 is 10.5. The van der Waals surface area contributed by atoms with Crippen molar-refractivity contribution in [2.45, 2.75) is 32.7 Å². The van der Waals surface area contributed by atoms with Gasteiger partial charge in [0.2, 0.25) is 0 Å². The highest BCUT2D eigenvalue weighted by atomic mass is 79.9. The number of carbonyl (C=O) groups is 3. The highest BCUT2D eigenvalue weighted by Crippen LogP contribution is 2.31. The minimum atomic E-state index is -0.895. The van der Waals surface area contributed by atoms with Gasteiger partial charge in [0.15, 0.2) is 5.78 Å². The van der Waals surface area contributed by atoms with Crippen molar-refractivity contribution in [2.75, 3.05) is 27.3 Å². The fraction of sp³-hybridized carbons (Fsp3) is 0.360. The molecule has 34 heavy (non-hydrogen) atoms. The molecule has 0 aromatic heterocycles. The molecule has 182 valence electrons. The fourth-order valence-electron chi connectivity index (χ4n) is 3.87. The SMILES string of the molecule is Br.CCOc1cc2c(cc1C(=O)NC)C(=N)N(CC(=O)c1cccc(C(C)(C)C(=O)OC)c1)C2. The Balaban J connectivity index is 0.00000408. The molecule has 0 atom stereocenters. The normalized spacial score (nSPS) is 12.5. The quantitative estimate of drug-likeness (QED) is 0.398. The number of nitrogens with zero attached hydrogens (tertiary/aromatic N) is 1. The van der Waals surface area contributed by atoms with Gasteiger partial charge >= 0.3 is 5.97 Å². The second-order valence-corrected chi connectivity index (χ2v) is 8.34. The highest BCUT2D eigenvalue weighted by Gasteiger charge is 2.32. The fourth-order valence-corrected chi connectivity index (χ4v) is 3.87.